The van der Waals surface area contributed by atoms with Crippen LogP contribution in [0.5, 0.6) is 0 Å². The second-order valence-electron chi connectivity index (χ2n) is 3.73. The lowest BCUT2D eigenvalue weighted by molar-refractivity contribution is -0.118. The van der Waals surface area contributed by atoms with Crippen molar-refractivity contribution in [2.24, 2.45) is 0 Å². The number of aromatic nitrogens is 1. The van der Waals surface area contributed by atoms with Crippen LogP contribution in [0.1, 0.15) is 17.0 Å². The van der Waals surface area contributed by atoms with Crippen LogP contribution in [0.3, 0.4) is 0 Å². The Kier molecular flexibility index (Phi) is 4.45. The summed E-state index contributed by atoms with van der Waals surface area (Å²) < 4.78 is 1.04. The molecule has 0 aromatic carbocycles. The first-order valence-electron chi connectivity index (χ1n) is 5.39. The summed E-state index contributed by atoms with van der Waals surface area (Å²) in [7, 11) is 0. The number of thiophene rings is 1. The molecule has 0 atom stereocenters. The molecule has 2 heterocycles. The van der Waals surface area contributed by atoms with E-state index in [2.05, 4.69) is 20.9 Å². The van der Waals surface area contributed by atoms with E-state index in [9.17, 15) is 4.79 Å². The molecule has 2 aromatic heterocycles. The van der Waals surface area contributed by atoms with E-state index >= 15 is 0 Å². The molecule has 0 saturated heterocycles. The predicted molar refractivity (Wildman–Crippen MR) is 73.3 cm³/mol. The third kappa shape index (κ3) is 3.75. The van der Waals surface area contributed by atoms with E-state index in [4.69, 9.17) is 0 Å². The van der Waals surface area contributed by atoms with Gasteiger partial charge in [0.1, 0.15) is 5.78 Å². The Morgan fingerprint density at radius 3 is 2.88 bits per heavy atom. The van der Waals surface area contributed by atoms with Gasteiger partial charge in [0.2, 0.25) is 0 Å². The van der Waals surface area contributed by atoms with Crippen LogP contribution >= 0.6 is 27.3 Å². The first kappa shape index (κ1) is 12.5. The molecule has 0 radical (unpaired) electrons. The van der Waals surface area contributed by atoms with Gasteiger partial charge in [-0.3, -0.25) is 9.78 Å². The summed E-state index contributed by atoms with van der Waals surface area (Å²) in [5, 5.41) is 1.99. The quantitative estimate of drug-likeness (QED) is 0.844. The van der Waals surface area contributed by atoms with Gasteiger partial charge in [0.25, 0.3) is 0 Å². The Morgan fingerprint density at radius 2 is 2.24 bits per heavy atom. The number of Topliss-reactive ketones (excluding diaryl/α,β-unsaturated/α-hetero) is 1. The normalized spacial score (nSPS) is 10.4. The molecular formula is C13H12BrNOS. The fraction of sp³-hybridized carbons (Fsp3) is 0.231. The van der Waals surface area contributed by atoms with Crippen LogP contribution in [0.25, 0.3) is 0 Å². The maximum Gasteiger partial charge on any atom is 0.138 e. The molecule has 0 amide bonds. The second kappa shape index (κ2) is 6.07. The lowest BCUT2D eigenvalue weighted by Gasteiger charge is -2.00. The molecular weight excluding hydrogens is 298 g/mol. The SMILES string of the molecule is O=C(CCc1ccccn1)Cc1sccc1Br. The predicted octanol–water partition coefficient (Wildman–Crippen LogP) is 3.65. The van der Waals surface area contributed by atoms with Gasteiger partial charge >= 0.3 is 0 Å². The first-order chi connectivity index (χ1) is 8.25. The monoisotopic (exact) mass is 309 g/mol. The van der Waals surface area contributed by atoms with Gasteiger partial charge < -0.3 is 0 Å². The van der Waals surface area contributed by atoms with Crippen molar-refractivity contribution in [2.75, 3.05) is 0 Å². The third-order valence-corrected chi connectivity index (χ3v) is 4.36. The summed E-state index contributed by atoms with van der Waals surface area (Å²) in [6.45, 7) is 0. The number of ketones is 1. The Balaban J connectivity index is 1.85. The van der Waals surface area contributed by atoms with E-state index in [-0.39, 0.29) is 5.78 Å². The molecule has 0 spiro atoms. The molecule has 0 aliphatic carbocycles. The highest BCUT2D eigenvalue weighted by Crippen LogP contribution is 2.23. The van der Waals surface area contributed by atoms with Crippen LogP contribution in [-0.2, 0) is 17.6 Å². The standard InChI is InChI=1S/C13H12BrNOS/c14-12-6-8-17-13(12)9-11(16)5-4-10-3-1-2-7-15-10/h1-3,6-8H,4-5,9H2. The molecule has 2 rings (SSSR count). The summed E-state index contributed by atoms with van der Waals surface area (Å²) in [5.74, 6) is 0.263. The molecule has 2 aromatic rings. The molecule has 0 saturated carbocycles. The van der Waals surface area contributed by atoms with Crippen molar-refractivity contribution in [2.45, 2.75) is 19.3 Å². The van der Waals surface area contributed by atoms with Crippen molar-refractivity contribution >= 4 is 33.0 Å². The van der Waals surface area contributed by atoms with Crippen molar-refractivity contribution in [1.29, 1.82) is 0 Å². The van der Waals surface area contributed by atoms with Gasteiger partial charge in [-0.05, 0) is 45.9 Å². The number of aryl methyl sites for hydroxylation is 1. The van der Waals surface area contributed by atoms with Gasteiger partial charge in [0.05, 0.1) is 0 Å². The Hall–Kier alpha value is -1.00. The van der Waals surface area contributed by atoms with Gasteiger partial charge in [-0.15, -0.1) is 11.3 Å². The molecule has 0 aliphatic rings. The number of hydrogen-bond acceptors (Lipinski definition) is 3. The van der Waals surface area contributed by atoms with E-state index < -0.39 is 0 Å². The number of nitrogens with zero attached hydrogens (tertiary/aromatic N) is 1. The van der Waals surface area contributed by atoms with E-state index in [0.717, 1.165) is 21.5 Å². The van der Waals surface area contributed by atoms with Crippen molar-refractivity contribution in [3.8, 4) is 0 Å². The maximum absolute atomic E-state index is 11.8. The van der Waals surface area contributed by atoms with Gasteiger partial charge in [-0.25, -0.2) is 0 Å². The minimum absolute atomic E-state index is 0.263. The fourth-order valence-electron chi connectivity index (χ4n) is 1.53. The maximum atomic E-state index is 11.8. The fourth-order valence-corrected chi connectivity index (χ4v) is 3.05. The molecule has 4 heteroatoms. The minimum atomic E-state index is 0.263. The van der Waals surface area contributed by atoms with Crippen LogP contribution < -0.4 is 0 Å². The van der Waals surface area contributed by atoms with E-state index in [0.29, 0.717) is 12.8 Å². The second-order valence-corrected chi connectivity index (χ2v) is 5.58. The highest BCUT2D eigenvalue weighted by atomic mass is 79.9. The summed E-state index contributed by atoms with van der Waals surface area (Å²) in [6.07, 6.45) is 3.56. The number of rotatable bonds is 5. The molecule has 0 unspecified atom stereocenters. The van der Waals surface area contributed by atoms with Crippen molar-refractivity contribution in [3.63, 3.8) is 0 Å². The van der Waals surface area contributed by atoms with Gasteiger partial charge in [-0.1, -0.05) is 6.07 Å². The summed E-state index contributed by atoms with van der Waals surface area (Å²) in [6, 6.07) is 7.76. The van der Waals surface area contributed by atoms with E-state index in [1.54, 1.807) is 17.5 Å². The van der Waals surface area contributed by atoms with Crippen LogP contribution in [0.15, 0.2) is 40.3 Å². The smallest absolute Gasteiger partial charge is 0.138 e. The molecule has 0 aliphatic heterocycles. The number of pyridine rings is 1. The zero-order chi connectivity index (χ0) is 12.1. The Morgan fingerprint density at radius 1 is 1.35 bits per heavy atom. The minimum Gasteiger partial charge on any atom is -0.299 e. The van der Waals surface area contributed by atoms with Crippen LogP contribution in [0.4, 0.5) is 0 Å². The summed E-state index contributed by atoms with van der Waals surface area (Å²) >= 11 is 5.05. The zero-order valence-corrected chi connectivity index (χ0v) is 11.6. The molecule has 0 N–H and O–H groups in total. The highest BCUT2D eigenvalue weighted by molar-refractivity contribution is 9.10. The van der Waals surface area contributed by atoms with E-state index in [1.807, 2.05) is 29.6 Å². The first-order valence-corrected chi connectivity index (χ1v) is 7.06. The Labute approximate surface area is 113 Å². The molecule has 0 bridgehead atoms. The number of hydrogen-bond donors (Lipinski definition) is 0. The lowest BCUT2D eigenvalue weighted by Crippen LogP contribution is -2.04. The average molecular weight is 310 g/mol. The van der Waals surface area contributed by atoms with Gasteiger partial charge in [0, 0.05) is 34.1 Å². The van der Waals surface area contributed by atoms with E-state index in [1.165, 1.54) is 0 Å². The summed E-state index contributed by atoms with van der Waals surface area (Å²) in [5.41, 5.74) is 0.978. The van der Waals surface area contributed by atoms with Crippen molar-refractivity contribution in [3.05, 3.63) is 50.9 Å². The topological polar surface area (TPSA) is 30.0 Å². The van der Waals surface area contributed by atoms with Crippen molar-refractivity contribution < 1.29 is 4.79 Å². The van der Waals surface area contributed by atoms with Gasteiger partial charge in [-0.2, -0.15) is 0 Å². The molecule has 2 nitrogen and oxygen atoms in total. The largest absolute Gasteiger partial charge is 0.299 e. The summed E-state index contributed by atoms with van der Waals surface area (Å²) in [4.78, 5) is 17.1. The van der Waals surface area contributed by atoms with Crippen LogP contribution in [0, 0.1) is 0 Å². The lowest BCUT2D eigenvalue weighted by atomic mass is 10.1. The molecule has 0 fully saturated rings. The number of carbonyl (C=O) groups excluding carboxylic acids is 1. The molecule has 17 heavy (non-hydrogen) atoms. The van der Waals surface area contributed by atoms with Crippen LogP contribution in [-0.4, -0.2) is 10.8 Å². The van der Waals surface area contributed by atoms with Crippen molar-refractivity contribution in [1.82, 2.24) is 4.98 Å². The zero-order valence-electron chi connectivity index (χ0n) is 9.23. The highest BCUT2D eigenvalue weighted by Gasteiger charge is 2.08. The number of carbonyl (C=O) groups is 1. The van der Waals surface area contributed by atoms with Gasteiger partial charge in [0.15, 0.2) is 0 Å². The Bertz CT molecular complexity index is 495. The number of halogens is 1. The molecule has 88 valence electrons. The third-order valence-electron chi connectivity index (χ3n) is 2.43. The average Bonchev–Trinajstić information content (AvgIpc) is 2.74. The van der Waals surface area contributed by atoms with Crippen LogP contribution in [0.2, 0.25) is 0 Å².